The van der Waals surface area contributed by atoms with Crippen LogP contribution >= 0.6 is 0 Å². The molecule has 0 aliphatic heterocycles. The smallest absolute Gasteiger partial charge is 0.407 e. The summed E-state index contributed by atoms with van der Waals surface area (Å²) < 4.78 is 51.5. The maximum Gasteiger partial charge on any atom is 0.407 e. The monoisotopic (exact) mass is 1240 g/mol. The summed E-state index contributed by atoms with van der Waals surface area (Å²) >= 11 is 0. The number of alkyl carbamates (subject to hydrolysis) is 1. The first-order valence-electron chi connectivity index (χ1n) is 26.5. The summed E-state index contributed by atoms with van der Waals surface area (Å²) in [7, 11) is 4.00. The summed E-state index contributed by atoms with van der Waals surface area (Å²) in [5.41, 5.74) is 28.6. The Balaban J connectivity index is 0.000000363. The van der Waals surface area contributed by atoms with Crippen LogP contribution in [0.25, 0.3) is 11.1 Å². The molecule has 1 aliphatic carbocycles. The van der Waals surface area contributed by atoms with Crippen LogP contribution in [0.2, 0.25) is 0 Å². The lowest BCUT2D eigenvalue weighted by atomic mass is 9.98. The highest BCUT2D eigenvalue weighted by molar-refractivity contribution is 6.04. The number of methoxy groups -OCH3 is 3. The molecule has 0 saturated carbocycles. The van der Waals surface area contributed by atoms with Gasteiger partial charge in [0.2, 0.25) is 17.7 Å². The van der Waals surface area contributed by atoms with Gasteiger partial charge in [0.25, 0.3) is 17.7 Å². The van der Waals surface area contributed by atoms with Gasteiger partial charge in [-0.25, -0.2) is 4.79 Å². The van der Waals surface area contributed by atoms with Gasteiger partial charge in [0.05, 0.1) is 104 Å². The SMILES string of the molecule is COc1ccc(NC(=O)COCCOCCN)c(O)c1C(N)=O.COc1ccc(NC(=O)COCCOCCNC(=O)OCC2c3ccccc3-c3ccccc32)c(O)c1C(N)=O.COc1ccc(NC(=O)COCCOCC[NH3+])c(O)c1C(N)=O.[Cl-]. The van der Waals surface area contributed by atoms with E-state index in [-0.39, 0.29) is 135 Å². The van der Waals surface area contributed by atoms with Gasteiger partial charge in [-0.05, 0) is 58.7 Å². The maximum atomic E-state index is 12.2. The molecule has 5 aromatic rings. The van der Waals surface area contributed by atoms with Gasteiger partial charge < -0.3 is 125 Å². The quantitative estimate of drug-likeness (QED) is 0.0162. The molecule has 0 radical (unpaired) electrons. The average molecular weight is 1240 g/mol. The Kier molecular flexibility index (Phi) is 32.2. The average Bonchev–Trinajstić information content (AvgIpc) is 1.94. The Hall–Kier alpha value is -9.04. The zero-order valence-electron chi connectivity index (χ0n) is 48.2. The Labute approximate surface area is 506 Å². The van der Waals surface area contributed by atoms with Crippen LogP contribution in [0.1, 0.15) is 48.1 Å². The molecule has 0 heterocycles. The topological polar surface area (TPSA) is 452 Å². The number of rotatable bonds is 33. The number of aromatic hydroxyl groups is 3. The van der Waals surface area contributed by atoms with Gasteiger partial charge in [0.1, 0.15) is 60.4 Å². The van der Waals surface area contributed by atoms with Crippen LogP contribution in [0.15, 0.2) is 84.9 Å². The Bertz CT molecular complexity index is 2940. The Morgan fingerprint density at radius 2 is 0.828 bits per heavy atom. The first-order chi connectivity index (χ1) is 41.4. The molecule has 0 unspecified atom stereocenters. The summed E-state index contributed by atoms with van der Waals surface area (Å²) in [6.45, 7) is 3.48. The zero-order valence-corrected chi connectivity index (χ0v) is 48.9. The molecule has 0 aromatic heterocycles. The minimum Gasteiger partial charge on any atom is -1.00 e. The fourth-order valence-electron chi connectivity index (χ4n) is 8.02. The second-order valence-corrected chi connectivity index (χ2v) is 17.7. The number of phenols is 3. The van der Waals surface area contributed by atoms with Crippen LogP contribution in [0.5, 0.6) is 34.5 Å². The number of halogens is 1. The summed E-state index contributed by atoms with van der Waals surface area (Å²) in [4.78, 5) is 82.1. The zero-order chi connectivity index (χ0) is 63.0. The normalized spacial score (nSPS) is 10.9. The van der Waals surface area contributed by atoms with Crippen molar-refractivity contribution in [1.29, 1.82) is 0 Å². The molecule has 5 aromatic carbocycles. The number of benzene rings is 5. The number of amides is 7. The lowest BCUT2D eigenvalue weighted by Gasteiger charge is -2.14. The van der Waals surface area contributed by atoms with Gasteiger partial charge in [-0.2, -0.15) is 0 Å². The molecule has 474 valence electrons. The third kappa shape index (κ3) is 22.7. The minimum atomic E-state index is -0.896. The van der Waals surface area contributed by atoms with E-state index >= 15 is 0 Å². The van der Waals surface area contributed by atoms with Crippen LogP contribution in [-0.2, 0) is 47.5 Å². The molecule has 18 N–H and O–H groups in total. The first kappa shape index (κ1) is 72.2. The molecule has 6 rings (SSSR count). The van der Waals surface area contributed by atoms with Crippen molar-refractivity contribution in [1.82, 2.24) is 5.32 Å². The standard InChI is InChI=1S/C29H31N3O8.2C14H21N3O6.ClH/c1-37-24-11-10-23(27(34)26(24)28(30)35)32-25(33)17-39-15-14-38-13-12-31-29(36)40-16-22-20-8-4-2-6-18(20)19-7-3-5-9-21(19)22;2*1-21-10-3-2-9(13(19)12(10)14(16)20)17-11(18)8-23-7-6-22-5-4-15;/h2-11,22,34H,12-17H2,1H3,(H2,30,35)(H,31,36)(H,32,33);2*2-3,19H,4-8,15H2,1H3,(H2,16,20)(H,17,18);1H. The number of ether oxygens (including phenoxy) is 10. The van der Waals surface area contributed by atoms with Crippen molar-refractivity contribution in [3.63, 3.8) is 0 Å². The second kappa shape index (κ2) is 38.8. The van der Waals surface area contributed by atoms with E-state index < -0.39 is 58.8 Å². The predicted molar refractivity (Wildman–Crippen MR) is 310 cm³/mol. The van der Waals surface area contributed by atoms with Crippen LogP contribution in [-0.4, -0.2) is 184 Å². The van der Waals surface area contributed by atoms with E-state index in [0.29, 0.717) is 39.5 Å². The Morgan fingerprint density at radius 1 is 0.483 bits per heavy atom. The molecule has 0 atom stereocenters. The number of carbonyl (C=O) groups is 7. The highest BCUT2D eigenvalue weighted by Gasteiger charge is 2.29. The van der Waals surface area contributed by atoms with E-state index in [4.69, 9.17) is 70.3 Å². The van der Waals surface area contributed by atoms with Gasteiger partial charge in [-0.3, -0.25) is 28.8 Å². The van der Waals surface area contributed by atoms with E-state index in [2.05, 4.69) is 51.3 Å². The molecule has 87 heavy (non-hydrogen) atoms. The summed E-state index contributed by atoms with van der Waals surface area (Å²) in [6, 6.07) is 24.7. The van der Waals surface area contributed by atoms with Crippen molar-refractivity contribution in [3.05, 3.63) is 113 Å². The minimum absolute atomic E-state index is 0. The third-order valence-corrected chi connectivity index (χ3v) is 11.9. The van der Waals surface area contributed by atoms with Crippen LogP contribution in [0, 0.1) is 0 Å². The number of quaternary nitrogens is 1. The van der Waals surface area contributed by atoms with E-state index in [0.717, 1.165) is 22.3 Å². The molecule has 1 aliphatic rings. The lowest BCUT2D eigenvalue weighted by molar-refractivity contribution is -0.374. The summed E-state index contributed by atoms with van der Waals surface area (Å²) in [6.07, 6.45) is -0.528. The third-order valence-electron chi connectivity index (χ3n) is 11.9. The van der Waals surface area contributed by atoms with Gasteiger partial charge in [-0.1, -0.05) is 48.5 Å². The van der Waals surface area contributed by atoms with Crippen molar-refractivity contribution in [2.75, 3.05) is 143 Å². The van der Waals surface area contributed by atoms with Crippen molar-refractivity contribution < 1.29 is 114 Å². The molecule has 0 spiro atoms. The number of hydrogen-bond donors (Lipinski definition) is 12. The number of nitrogens with one attached hydrogen (secondary N) is 4. The number of carbonyl (C=O) groups excluding carboxylic acids is 7. The number of fused-ring (bicyclic) bond motifs is 3. The molecule has 0 fully saturated rings. The molecular weight excluding hydrogens is 1170 g/mol. The van der Waals surface area contributed by atoms with E-state index in [9.17, 15) is 48.9 Å². The number of primary amides is 3. The van der Waals surface area contributed by atoms with Crippen molar-refractivity contribution in [3.8, 4) is 45.6 Å². The first-order valence-corrected chi connectivity index (χ1v) is 26.5. The molecular formula is C57H74ClN9O20. The van der Waals surface area contributed by atoms with E-state index in [1.807, 2.05) is 24.3 Å². The number of hydrogen-bond acceptors (Lipinski definition) is 21. The number of nitrogens with two attached hydrogens (primary N) is 4. The maximum absolute atomic E-state index is 12.2. The molecule has 30 heteroatoms. The van der Waals surface area contributed by atoms with Crippen molar-refractivity contribution in [2.24, 2.45) is 22.9 Å². The molecule has 0 bridgehead atoms. The summed E-state index contributed by atoms with van der Waals surface area (Å²) in [5, 5.41) is 40.2. The largest absolute Gasteiger partial charge is 1.00 e. The molecule has 0 saturated heterocycles. The predicted octanol–water partition coefficient (Wildman–Crippen LogP) is -1.84. The molecule has 7 amide bonds. The van der Waals surface area contributed by atoms with E-state index in [1.165, 1.54) is 57.7 Å². The van der Waals surface area contributed by atoms with Crippen molar-refractivity contribution in [2.45, 2.75) is 5.92 Å². The van der Waals surface area contributed by atoms with Crippen LogP contribution < -0.4 is 76.6 Å². The van der Waals surface area contributed by atoms with Crippen molar-refractivity contribution >= 4 is 58.6 Å². The fraction of sp³-hybridized carbons (Fsp3) is 0.351. The van der Waals surface area contributed by atoms with Crippen LogP contribution in [0.4, 0.5) is 21.9 Å². The van der Waals surface area contributed by atoms with Gasteiger partial charge in [0.15, 0.2) is 17.2 Å². The lowest BCUT2D eigenvalue weighted by Crippen LogP contribution is -3.00. The van der Waals surface area contributed by atoms with E-state index in [1.54, 1.807) is 0 Å². The van der Waals surface area contributed by atoms with Gasteiger partial charge >= 0.3 is 6.09 Å². The highest BCUT2D eigenvalue weighted by atomic mass is 35.5. The van der Waals surface area contributed by atoms with Gasteiger partial charge in [0, 0.05) is 19.0 Å². The molecule has 29 nitrogen and oxygen atoms in total. The Morgan fingerprint density at radius 3 is 1.17 bits per heavy atom. The van der Waals surface area contributed by atoms with Gasteiger partial charge in [-0.15, -0.1) is 0 Å². The number of anilines is 3. The summed E-state index contributed by atoms with van der Waals surface area (Å²) in [5.74, 6) is -5.27. The van der Waals surface area contributed by atoms with Crippen LogP contribution in [0.3, 0.4) is 0 Å². The second-order valence-electron chi connectivity index (χ2n) is 17.7. The fourth-order valence-corrected chi connectivity index (χ4v) is 8.02. The highest BCUT2D eigenvalue weighted by Crippen LogP contribution is 2.44.